The van der Waals surface area contributed by atoms with Crippen LogP contribution in [0.5, 0.6) is 0 Å². The molecule has 0 aliphatic carbocycles. The number of benzene rings is 1. The van der Waals surface area contributed by atoms with Gasteiger partial charge in [-0.25, -0.2) is 0 Å². The summed E-state index contributed by atoms with van der Waals surface area (Å²) in [5.74, 6) is -0.124. The van der Waals surface area contributed by atoms with Gasteiger partial charge in [0.25, 0.3) is 5.91 Å². The Bertz CT molecular complexity index is 813. The summed E-state index contributed by atoms with van der Waals surface area (Å²) >= 11 is 0. The Kier molecular flexibility index (Phi) is 4.05. The minimum Gasteiger partial charge on any atom is -0.350 e. The van der Waals surface area contributed by atoms with E-state index < -0.39 is 0 Å². The average molecular weight is 339 g/mol. The third-order valence-corrected chi connectivity index (χ3v) is 5.27. The number of carbonyl (C=O) groups is 2. The molecular formula is C19H23N4O2+. The molecule has 2 aliphatic rings. The van der Waals surface area contributed by atoms with Crippen LogP contribution in [0.3, 0.4) is 0 Å². The molecule has 1 saturated heterocycles. The molecule has 1 aromatic heterocycles. The van der Waals surface area contributed by atoms with Gasteiger partial charge in [-0.1, -0.05) is 12.1 Å². The van der Waals surface area contributed by atoms with Gasteiger partial charge < -0.3 is 14.8 Å². The highest BCUT2D eigenvalue weighted by molar-refractivity contribution is 6.10. The number of carbonyl (C=O) groups excluding carboxylic acids is 2. The molecule has 0 bridgehead atoms. The van der Waals surface area contributed by atoms with E-state index in [1.807, 2.05) is 24.3 Å². The lowest BCUT2D eigenvalue weighted by Gasteiger charge is -2.30. The SMILES string of the molecule is Cn1cccc1[C@@H]1CCC[NH+]1CC(=O)N1CC(=O)Nc2ccccc21. The fraction of sp³-hybridized carbons (Fsp3) is 0.368. The van der Waals surface area contributed by atoms with Crippen LogP contribution in [0.1, 0.15) is 24.6 Å². The Labute approximate surface area is 147 Å². The fourth-order valence-electron chi connectivity index (χ4n) is 4.06. The van der Waals surface area contributed by atoms with Crippen molar-refractivity contribution in [1.29, 1.82) is 0 Å². The zero-order chi connectivity index (χ0) is 17.4. The van der Waals surface area contributed by atoms with Crippen molar-refractivity contribution >= 4 is 23.2 Å². The first kappa shape index (κ1) is 15.9. The molecule has 130 valence electrons. The summed E-state index contributed by atoms with van der Waals surface area (Å²) in [7, 11) is 2.05. The zero-order valence-electron chi connectivity index (χ0n) is 14.4. The van der Waals surface area contributed by atoms with Crippen LogP contribution >= 0.6 is 0 Å². The highest BCUT2D eigenvalue weighted by atomic mass is 16.2. The summed E-state index contributed by atoms with van der Waals surface area (Å²) in [4.78, 5) is 27.9. The van der Waals surface area contributed by atoms with Crippen LogP contribution in [-0.4, -0.2) is 36.0 Å². The summed E-state index contributed by atoms with van der Waals surface area (Å²) in [5, 5.41) is 2.83. The Morgan fingerprint density at radius 1 is 1.28 bits per heavy atom. The van der Waals surface area contributed by atoms with E-state index in [1.54, 1.807) is 4.90 Å². The molecule has 2 atom stereocenters. The van der Waals surface area contributed by atoms with Gasteiger partial charge in [0.05, 0.1) is 23.6 Å². The average Bonchev–Trinajstić information content (AvgIpc) is 3.22. The number of likely N-dealkylation sites (tertiary alicyclic amines) is 1. The molecule has 6 nitrogen and oxygen atoms in total. The molecule has 1 aromatic carbocycles. The Morgan fingerprint density at radius 3 is 2.92 bits per heavy atom. The molecule has 4 rings (SSSR count). The Balaban J connectivity index is 1.54. The molecule has 3 heterocycles. The van der Waals surface area contributed by atoms with Crippen LogP contribution < -0.4 is 15.1 Å². The number of amides is 2. The number of nitrogens with one attached hydrogen (secondary N) is 2. The van der Waals surface area contributed by atoms with E-state index in [0.717, 1.165) is 25.1 Å². The maximum Gasteiger partial charge on any atom is 0.282 e. The minimum atomic E-state index is -0.137. The van der Waals surface area contributed by atoms with Gasteiger partial charge in [0.2, 0.25) is 5.91 Å². The minimum absolute atomic E-state index is 0.0124. The quantitative estimate of drug-likeness (QED) is 0.866. The molecule has 2 aromatic rings. The fourth-order valence-corrected chi connectivity index (χ4v) is 4.06. The number of aryl methyl sites for hydroxylation is 1. The van der Waals surface area contributed by atoms with Crippen molar-refractivity contribution in [3.05, 3.63) is 48.3 Å². The second kappa shape index (κ2) is 6.37. The highest BCUT2D eigenvalue weighted by Gasteiger charge is 2.36. The lowest BCUT2D eigenvalue weighted by atomic mass is 10.1. The van der Waals surface area contributed by atoms with E-state index in [-0.39, 0.29) is 18.4 Å². The van der Waals surface area contributed by atoms with Crippen LogP contribution in [0.4, 0.5) is 11.4 Å². The van der Waals surface area contributed by atoms with E-state index in [9.17, 15) is 9.59 Å². The molecule has 1 fully saturated rings. The Hall–Kier alpha value is -2.60. The van der Waals surface area contributed by atoms with Gasteiger partial charge in [-0.3, -0.25) is 14.5 Å². The summed E-state index contributed by atoms with van der Waals surface area (Å²) in [6.07, 6.45) is 4.27. The van der Waals surface area contributed by atoms with Crippen molar-refractivity contribution in [2.45, 2.75) is 18.9 Å². The number of aromatic nitrogens is 1. The van der Waals surface area contributed by atoms with Crippen LogP contribution in [0.15, 0.2) is 42.6 Å². The predicted octanol–water partition coefficient (Wildman–Crippen LogP) is 0.730. The molecule has 1 unspecified atom stereocenters. The third-order valence-electron chi connectivity index (χ3n) is 5.27. The first-order chi connectivity index (χ1) is 12.1. The molecule has 2 amide bonds. The zero-order valence-corrected chi connectivity index (χ0v) is 14.4. The van der Waals surface area contributed by atoms with Gasteiger partial charge in [-0.2, -0.15) is 0 Å². The Morgan fingerprint density at radius 2 is 2.12 bits per heavy atom. The van der Waals surface area contributed by atoms with Crippen LogP contribution in [0.25, 0.3) is 0 Å². The standard InChI is InChI=1S/C19H22N4O2/c1-21-10-4-8-16(21)17-9-5-11-22(17)13-19(25)23-12-18(24)20-14-6-2-3-7-15(14)23/h2-4,6-8,10,17H,5,9,11-13H2,1H3,(H,20,24)/p+1/t17-/m0/s1. The molecule has 0 saturated carbocycles. The molecule has 2 aliphatic heterocycles. The monoisotopic (exact) mass is 339 g/mol. The number of fused-ring (bicyclic) bond motifs is 1. The number of hydrogen-bond donors (Lipinski definition) is 2. The van der Waals surface area contributed by atoms with E-state index in [0.29, 0.717) is 18.3 Å². The first-order valence-electron chi connectivity index (χ1n) is 8.78. The first-order valence-corrected chi connectivity index (χ1v) is 8.78. The molecule has 0 radical (unpaired) electrons. The largest absolute Gasteiger partial charge is 0.350 e. The third kappa shape index (κ3) is 2.93. The van der Waals surface area contributed by atoms with E-state index in [2.05, 4.69) is 35.3 Å². The van der Waals surface area contributed by atoms with Gasteiger partial charge in [0.1, 0.15) is 12.6 Å². The van der Waals surface area contributed by atoms with E-state index in [4.69, 9.17) is 0 Å². The van der Waals surface area contributed by atoms with Crippen molar-refractivity contribution in [2.75, 3.05) is 29.9 Å². The molecule has 6 heteroatoms. The van der Waals surface area contributed by atoms with Crippen molar-refractivity contribution in [2.24, 2.45) is 7.05 Å². The number of rotatable bonds is 3. The second-order valence-electron chi connectivity index (χ2n) is 6.87. The summed E-state index contributed by atoms with van der Waals surface area (Å²) in [6, 6.07) is 12.0. The summed E-state index contributed by atoms with van der Waals surface area (Å²) in [5.41, 5.74) is 2.78. The maximum absolute atomic E-state index is 13.0. The van der Waals surface area contributed by atoms with Crippen LogP contribution in [0.2, 0.25) is 0 Å². The lowest BCUT2D eigenvalue weighted by molar-refractivity contribution is -0.910. The number of para-hydroxylation sites is 2. The highest BCUT2D eigenvalue weighted by Crippen LogP contribution is 2.28. The topological polar surface area (TPSA) is 58.8 Å². The molecule has 0 spiro atoms. The molecular weight excluding hydrogens is 316 g/mol. The van der Waals surface area contributed by atoms with Crippen molar-refractivity contribution in [3.8, 4) is 0 Å². The summed E-state index contributed by atoms with van der Waals surface area (Å²) in [6.45, 7) is 1.50. The van der Waals surface area contributed by atoms with Crippen molar-refractivity contribution in [3.63, 3.8) is 0 Å². The number of hydrogen-bond acceptors (Lipinski definition) is 2. The van der Waals surface area contributed by atoms with Gasteiger partial charge in [0.15, 0.2) is 6.54 Å². The van der Waals surface area contributed by atoms with Gasteiger partial charge in [0, 0.05) is 26.1 Å². The van der Waals surface area contributed by atoms with Gasteiger partial charge >= 0.3 is 0 Å². The summed E-state index contributed by atoms with van der Waals surface area (Å²) < 4.78 is 2.14. The van der Waals surface area contributed by atoms with Crippen molar-refractivity contribution in [1.82, 2.24) is 4.57 Å². The molecule has 2 N–H and O–H groups in total. The predicted molar refractivity (Wildman–Crippen MR) is 95.5 cm³/mol. The molecule has 25 heavy (non-hydrogen) atoms. The maximum atomic E-state index is 13.0. The second-order valence-corrected chi connectivity index (χ2v) is 6.87. The van der Waals surface area contributed by atoms with Crippen LogP contribution in [-0.2, 0) is 16.6 Å². The lowest BCUT2D eigenvalue weighted by Crippen LogP contribution is -3.11. The van der Waals surface area contributed by atoms with Gasteiger partial charge in [-0.15, -0.1) is 0 Å². The smallest absolute Gasteiger partial charge is 0.282 e. The number of quaternary nitrogens is 1. The van der Waals surface area contributed by atoms with E-state index >= 15 is 0 Å². The van der Waals surface area contributed by atoms with Crippen LogP contribution in [0, 0.1) is 0 Å². The van der Waals surface area contributed by atoms with E-state index in [1.165, 1.54) is 10.6 Å². The van der Waals surface area contributed by atoms with Gasteiger partial charge in [-0.05, 0) is 24.3 Å². The van der Waals surface area contributed by atoms with Crippen molar-refractivity contribution < 1.29 is 14.5 Å². The normalized spacial score (nSPS) is 22.6. The number of anilines is 2. The number of nitrogens with zero attached hydrogens (tertiary/aromatic N) is 2.